The number of rotatable bonds is 3. The van der Waals surface area contributed by atoms with Crippen LogP contribution in [0.3, 0.4) is 0 Å². The zero-order chi connectivity index (χ0) is 12.3. The fourth-order valence-electron chi connectivity index (χ4n) is 1.29. The average molecular weight is 296 g/mol. The molecular weight excluding hydrogens is 286 g/mol. The van der Waals surface area contributed by atoms with Crippen molar-refractivity contribution in [2.75, 3.05) is 6.61 Å². The molecule has 6 heteroatoms. The Labute approximate surface area is 106 Å². The van der Waals surface area contributed by atoms with Crippen molar-refractivity contribution in [1.29, 1.82) is 0 Å². The van der Waals surface area contributed by atoms with Crippen molar-refractivity contribution in [2.45, 2.75) is 6.92 Å². The van der Waals surface area contributed by atoms with Crippen LogP contribution in [0.4, 0.5) is 0 Å². The topological polar surface area (TPSA) is 67.9 Å². The summed E-state index contributed by atoms with van der Waals surface area (Å²) >= 11 is 3.30. The molecule has 0 saturated carbocycles. The van der Waals surface area contributed by atoms with Crippen LogP contribution in [-0.2, 0) is 4.74 Å². The number of carbonyl (C=O) groups excluding carboxylic acids is 1. The predicted octanol–water partition coefficient (Wildman–Crippen LogP) is 2.41. The highest BCUT2D eigenvalue weighted by Crippen LogP contribution is 2.17. The van der Waals surface area contributed by atoms with Gasteiger partial charge < -0.3 is 4.74 Å². The molecule has 0 aliphatic rings. The molecule has 0 fully saturated rings. The summed E-state index contributed by atoms with van der Waals surface area (Å²) in [4.78, 5) is 15.6. The van der Waals surface area contributed by atoms with Gasteiger partial charge >= 0.3 is 5.97 Å². The van der Waals surface area contributed by atoms with Crippen LogP contribution >= 0.6 is 15.9 Å². The lowest BCUT2D eigenvalue weighted by atomic mass is 10.2. The number of aromatic amines is 1. The molecule has 0 aromatic carbocycles. The van der Waals surface area contributed by atoms with Crippen molar-refractivity contribution in [2.24, 2.45) is 0 Å². The van der Waals surface area contributed by atoms with Crippen LogP contribution in [0.15, 0.2) is 28.9 Å². The summed E-state index contributed by atoms with van der Waals surface area (Å²) in [5, 5.41) is 6.64. The van der Waals surface area contributed by atoms with E-state index in [1.807, 2.05) is 12.1 Å². The Hall–Kier alpha value is -1.69. The number of carbonyl (C=O) groups is 1. The van der Waals surface area contributed by atoms with Crippen LogP contribution in [0, 0.1) is 0 Å². The average Bonchev–Trinajstić information content (AvgIpc) is 2.80. The summed E-state index contributed by atoms with van der Waals surface area (Å²) in [6, 6.07) is 5.30. The second-order valence-corrected chi connectivity index (χ2v) is 4.16. The van der Waals surface area contributed by atoms with Crippen molar-refractivity contribution in [3.8, 4) is 11.4 Å². The molecule has 2 rings (SSSR count). The Bertz CT molecular complexity index is 522. The highest BCUT2D eigenvalue weighted by atomic mass is 79.9. The molecule has 88 valence electrons. The van der Waals surface area contributed by atoms with E-state index in [0.29, 0.717) is 23.7 Å². The minimum atomic E-state index is -0.414. The summed E-state index contributed by atoms with van der Waals surface area (Å²) in [6.07, 6.45) is 1.67. The molecular formula is C11H10BrN3O2. The van der Waals surface area contributed by atoms with Crippen molar-refractivity contribution in [3.05, 3.63) is 34.6 Å². The van der Waals surface area contributed by atoms with Crippen molar-refractivity contribution in [1.82, 2.24) is 15.2 Å². The van der Waals surface area contributed by atoms with Gasteiger partial charge in [-0.25, -0.2) is 4.79 Å². The third-order valence-corrected chi connectivity index (χ3v) is 2.53. The van der Waals surface area contributed by atoms with Crippen molar-refractivity contribution < 1.29 is 9.53 Å². The lowest BCUT2D eigenvalue weighted by molar-refractivity contribution is 0.0519. The normalized spacial score (nSPS) is 10.2. The van der Waals surface area contributed by atoms with Crippen molar-refractivity contribution >= 4 is 21.9 Å². The Morgan fingerprint density at radius 2 is 2.29 bits per heavy atom. The maximum atomic E-state index is 11.4. The number of H-pyrrole nitrogens is 1. The first-order valence-electron chi connectivity index (χ1n) is 5.05. The van der Waals surface area contributed by atoms with E-state index in [0.717, 1.165) is 4.47 Å². The first kappa shape index (κ1) is 11.8. The largest absolute Gasteiger partial charge is 0.461 e. The summed E-state index contributed by atoms with van der Waals surface area (Å²) in [7, 11) is 0. The van der Waals surface area contributed by atoms with Gasteiger partial charge in [-0.05, 0) is 35.0 Å². The van der Waals surface area contributed by atoms with Crippen molar-refractivity contribution in [3.63, 3.8) is 0 Å². The first-order valence-corrected chi connectivity index (χ1v) is 5.84. The number of hydrogen-bond donors (Lipinski definition) is 1. The number of esters is 1. The van der Waals surface area contributed by atoms with Crippen LogP contribution in [0.25, 0.3) is 11.4 Å². The van der Waals surface area contributed by atoms with Gasteiger partial charge in [0.15, 0.2) is 0 Å². The highest BCUT2D eigenvalue weighted by molar-refractivity contribution is 9.10. The third-order valence-electron chi connectivity index (χ3n) is 2.06. The Kier molecular flexibility index (Phi) is 3.53. The van der Waals surface area contributed by atoms with E-state index in [1.165, 1.54) is 0 Å². The molecule has 17 heavy (non-hydrogen) atoms. The van der Waals surface area contributed by atoms with Crippen LogP contribution < -0.4 is 0 Å². The molecule has 0 radical (unpaired) electrons. The van der Waals surface area contributed by atoms with Gasteiger partial charge in [0.1, 0.15) is 11.4 Å². The van der Waals surface area contributed by atoms with Crippen LogP contribution in [0.1, 0.15) is 17.4 Å². The molecule has 0 aliphatic heterocycles. The maximum absolute atomic E-state index is 11.4. The molecule has 0 aliphatic carbocycles. The van der Waals surface area contributed by atoms with Gasteiger partial charge in [0, 0.05) is 16.7 Å². The smallest absolute Gasteiger partial charge is 0.356 e. The van der Waals surface area contributed by atoms with Crippen LogP contribution in [-0.4, -0.2) is 27.8 Å². The molecule has 1 N–H and O–H groups in total. The summed E-state index contributed by atoms with van der Waals surface area (Å²) < 4.78 is 5.75. The molecule has 0 unspecified atom stereocenters. The van der Waals surface area contributed by atoms with Crippen LogP contribution in [0.5, 0.6) is 0 Å². The zero-order valence-corrected chi connectivity index (χ0v) is 10.7. The first-order chi connectivity index (χ1) is 8.20. The number of nitrogens with zero attached hydrogens (tertiary/aromatic N) is 2. The van der Waals surface area contributed by atoms with Gasteiger partial charge in [0.05, 0.1) is 12.3 Å². The molecule has 0 bridgehead atoms. The molecule has 0 atom stereocenters. The fraction of sp³-hybridized carbons (Fsp3) is 0.182. The maximum Gasteiger partial charge on any atom is 0.356 e. The van der Waals surface area contributed by atoms with E-state index in [2.05, 4.69) is 31.1 Å². The number of halogens is 1. The highest BCUT2D eigenvalue weighted by Gasteiger charge is 2.12. The number of hydrogen-bond acceptors (Lipinski definition) is 4. The Morgan fingerprint density at radius 1 is 1.47 bits per heavy atom. The SMILES string of the molecule is CCOC(=O)c1cc(-c2ccc(Br)cn2)n[nH]1. The van der Waals surface area contributed by atoms with E-state index in [4.69, 9.17) is 4.74 Å². The van der Waals surface area contributed by atoms with E-state index >= 15 is 0 Å². The zero-order valence-electron chi connectivity index (χ0n) is 9.11. The van der Waals surface area contributed by atoms with Gasteiger partial charge in [-0.2, -0.15) is 5.10 Å². The van der Waals surface area contributed by atoms with Gasteiger partial charge in [0.25, 0.3) is 0 Å². The molecule has 2 heterocycles. The number of ether oxygens (including phenoxy) is 1. The van der Waals surface area contributed by atoms with E-state index < -0.39 is 5.97 Å². The van der Waals surface area contributed by atoms with E-state index in [1.54, 1.807) is 19.2 Å². The second-order valence-electron chi connectivity index (χ2n) is 3.25. The van der Waals surface area contributed by atoms with Crippen LogP contribution in [0.2, 0.25) is 0 Å². The lowest BCUT2D eigenvalue weighted by Crippen LogP contribution is -2.04. The third kappa shape index (κ3) is 2.71. The standard InChI is InChI=1S/C11H10BrN3O2/c1-2-17-11(16)10-5-9(14-15-10)8-4-3-7(12)6-13-8/h3-6H,2H2,1H3,(H,14,15). The van der Waals surface area contributed by atoms with E-state index in [9.17, 15) is 4.79 Å². The number of aromatic nitrogens is 3. The molecule has 2 aromatic rings. The van der Waals surface area contributed by atoms with Gasteiger partial charge in [-0.1, -0.05) is 0 Å². The summed E-state index contributed by atoms with van der Waals surface area (Å²) in [6.45, 7) is 2.09. The van der Waals surface area contributed by atoms with Gasteiger partial charge in [-0.3, -0.25) is 10.1 Å². The van der Waals surface area contributed by atoms with E-state index in [-0.39, 0.29) is 0 Å². The lowest BCUT2D eigenvalue weighted by Gasteiger charge is -1.96. The number of nitrogens with one attached hydrogen (secondary N) is 1. The summed E-state index contributed by atoms with van der Waals surface area (Å²) in [5.74, 6) is -0.414. The monoisotopic (exact) mass is 295 g/mol. The predicted molar refractivity (Wildman–Crippen MR) is 65.5 cm³/mol. The summed E-state index contributed by atoms with van der Waals surface area (Å²) in [5.41, 5.74) is 1.63. The number of pyridine rings is 1. The minimum Gasteiger partial charge on any atom is -0.461 e. The second kappa shape index (κ2) is 5.09. The molecule has 0 amide bonds. The Balaban J connectivity index is 2.23. The molecule has 5 nitrogen and oxygen atoms in total. The van der Waals surface area contributed by atoms with Gasteiger partial charge in [0.2, 0.25) is 0 Å². The fourth-order valence-corrected chi connectivity index (χ4v) is 1.53. The minimum absolute atomic E-state index is 0.326. The molecule has 0 spiro atoms. The van der Waals surface area contributed by atoms with Gasteiger partial charge in [-0.15, -0.1) is 0 Å². The quantitative estimate of drug-likeness (QED) is 0.883. The molecule has 0 saturated heterocycles. The molecule has 2 aromatic heterocycles. The Morgan fingerprint density at radius 3 is 2.94 bits per heavy atom.